The number of benzene rings is 2. The van der Waals surface area contributed by atoms with E-state index in [1.807, 2.05) is 62.4 Å². The molecule has 0 bridgehead atoms. The van der Waals surface area contributed by atoms with Gasteiger partial charge in [0.05, 0.1) is 17.6 Å². The van der Waals surface area contributed by atoms with Crippen LogP contribution < -0.4 is 9.47 Å². The second-order valence-electron chi connectivity index (χ2n) is 5.91. The van der Waals surface area contributed by atoms with Crippen LogP contribution in [0, 0.1) is 0 Å². The van der Waals surface area contributed by atoms with Crippen molar-refractivity contribution in [3.63, 3.8) is 0 Å². The van der Waals surface area contributed by atoms with Gasteiger partial charge in [0.25, 0.3) is 0 Å². The van der Waals surface area contributed by atoms with E-state index in [1.54, 1.807) is 0 Å². The minimum absolute atomic E-state index is 0.0819. The fraction of sp³-hybridized carbons (Fsp3) is 0.286. The van der Waals surface area contributed by atoms with Crippen molar-refractivity contribution in [1.29, 1.82) is 0 Å². The lowest BCUT2D eigenvalue weighted by molar-refractivity contribution is 0.104. The lowest BCUT2D eigenvalue weighted by Gasteiger charge is -2.16. The number of hydrogen-bond acceptors (Lipinski definition) is 4. The minimum Gasteiger partial charge on any atom is -0.490 e. The van der Waals surface area contributed by atoms with Crippen molar-refractivity contribution in [2.75, 3.05) is 6.61 Å². The first-order valence-electron chi connectivity index (χ1n) is 8.59. The first-order valence-corrected chi connectivity index (χ1v) is 9.40. The highest BCUT2D eigenvalue weighted by molar-refractivity contribution is 8.04. The van der Waals surface area contributed by atoms with E-state index in [4.69, 9.17) is 9.47 Å². The predicted molar refractivity (Wildman–Crippen MR) is 103 cm³/mol. The number of rotatable bonds is 6. The molecule has 0 saturated carbocycles. The number of Topliss-reactive ketones (excluding diaryl/α,β-unsaturated/α-hetero) is 1. The molecule has 0 aliphatic carbocycles. The van der Waals surface area contributed by atoms with Gasteiger partial charge in [-0.3, -0.25) is 4.79 Å². The van der Waals surface area contributed by atoms with Gasteiger partial charge in [-0.2, -0.15) is 0 Å². The van der Waals surface area contributed by atoms with Gasteiger partial charge in [0.15, 0.2) is 11.5 Å². The average Bonchev–Trinajstić information content (AvgIpc) is 2.93. The quantitative estimate of drug-likeness (QED) is 0.633. The summed E-state index contributed by atoms with van der Waals surface area (Å²) < 4.78 is 11.7. The molecule has 0 amide bonds. The van der Waals surface area contributed by atoms with E-state index in [-0.39, 0.29) is 11.9 Å². The number of fused-ring (bicyclic) bond motifs is 1. The summed E-state index contributed by atoms with van der Waals surface area (Å²) in [6.07, 6.45) is 2.98. The van der Waals surface area contributed by atoms with Crippen molar-refractivity contribution in [2.45, 2.75) is 38.2 Å². The monoisotopic (exact) mass is 354 g/mol. The maximum absolute atomic E-state index is 12.5. The second-order valence-corrected chi connectivity index (χ2v) is 7.00. The number of carbonyl (C=O) groups is 1. The summed E-state index contributed by atoms with van der Waals surface area (Å²) in [4.78, 5) is 14.3. The van der Waals surface area contributed by atoms with Gasteiger partial charge in [0.1, 0.15) is 0 Å². The third-order valence-corrected chi connectivity index (χ3v) is 5.14. The molecular formula is C21H22O3S. The second kappa shape index (κ2) is 7.79. The van der Waals surface area contributed by atoms with Gasteiger partial charge >= 0.3 is 0 Å². The molecule has 1 heterocycles. The van der Waals surface area contributed by atoms with Gasteiger partial charge in [-0.1, -0.05) is 36.9 Å². The van der Waals surface area contributed by atoms with Crippen LogP contribution in [-0.4, -0.2) is 18.5 Å². The summed E-state index contributed by atoms with van der Waals surface area (Å²) in [5, 5.41) is 0. The Bertz CT molecular complexity index is 811. The molecule has 0 fully saturated rings. The van der Waals surface area contributed by atoms with Crippen LogP contribution in [0.3, 0.4) is 0 Å². The van der Waals surface area contributed by atoms with Crippen LogP contribution in [0.5, 0.6) is 11.5 Å². The predicted octanol–water partition coefficient (Wildman–Crippen LogP) is 5.59. The standard InChI is InChI=1S/C21H22O3S/c1-4-14(3)24-17-11-10-15(12-18(17)23-5-2)13-20-21(22)16-8-6-7-9-19(16)25-20/h6-14H,4-5H2,1-3H3/b20-13-/t14-/m0/s1. The molecule has 0 saturated heterocycles. The van der Waals surface area contributed by atoms with E-state index in [9.17, 15) is 4.79 Å². The number of allylic oxidation sites excluding steroid dienone is 1. The molecule has 0 unspecified atom stereocenters. The van der Waals surface area contributed by atoms with Gasteiger partial charge < -0.3 is 9.47 Å². The van der Waals surface area contributed by atoms with Crippen molar-refractivity contribution in [1.82, 2.24) is 0 Å². The highest BCUT2D eigenvalue weighted by Gasteiger charge is 2.25. The van der Waals surface area contributed by atoms with E-state index in [0.29, 0.717) is 12.4 Å². The van der Waals surface area contributed by atoms with E-state index in [1.165, 1.54) is 11.8 Å². The Morgan fingerprint density at radius 1 is 1.12 bits per heavy atom. The van der Waals surface area contributed by atoms with Crippen molar-refractivity contribution in [3.8, 4) is 11.5 Å². The normalized spacial score (nSPS) is 16.0. The smallest absolute Gasteiger partial charge is 0.200 e. The molecule has 0 radical (unpaired) electrons. The Kier molecular flexibility index (Phi) is 5.49. The first-order chi connectivity index (χ1) is 12.1. The van der Waals surface area contributed by atoms with Gasteiger partial charge in [0, 0.05) is 10.5 Å². The van der Waals surface area contributed by atoms with Crippen LogP contribution in [0.25, 0.3) is 6.08 Å². The van der Waals surface area contributed by atoms with E-state index in [0.717, 1.165) is 33.1 Å². The number of carbonyl (C=O) groups excluding carboxylic acids is 1. The molecule has 3 nitrogen and oxygen atoms in total. The zero-order valence-electron chi connectivity index (χ0n) is 14.7. The molecule has 130 valence electrons. The summed E-state index contributed by atoms with van der Waals surface area (Å²) in [6, 6.07) is 13.5. The Morgan fingerprint density at radius 2 is 1.92 bits per heavy atom. The lowest BCUT2D eigenvalue weighted by Crippen LogP contribution is -2.10. The average molecular weight is 354 g/mol. The van der Waals surface area contributed by atoms with Crippen molar-refractivity contribution >= 4 is 23.6 Å². The fourth-order valence-corrected chi connectivity index (χ4v) is 3.62. The van der Waals surface area contributed by atoms with Gasteiger partial charge in [-0.15, -0.1) is 0 Å². The van der Waals surface area contributed by atoms with Gasteiger partial charge in [-0.25, -0.2) is 0 Å². The summed E-state index contributed by atoms with van der Waals surface area (Å²) >= 11 is 1.52. The zero-order valence-corrected chi connectivity index (χ0v) is 15.6. The Labute approximate surface area is 153 Å². The summed E-state index contributed by atoms with van der Waals surface area (Å²) in [5.74, 6) is 1.54. The number of thioether (sulfide) groups is 1. The maximum Gasteiger partial charge on any atom is 0.200 e. The highest BCUT2D eigenvalue weighted by Crippen LogP contribution is 2.41. The molecule has 1 aliphatic rings. The summed E-state index contributed by atoms with van der Waals surface area (Å²) in [5.41, 5.74) is 1.71. The zero-order chi connectivity index (χ0) is 17.8. The highest BCUT2D eigenvalue weighted by atomic mass is 32.2. The van der Waals surface area contributed by atoms with E-state index < -0.39 is 0 Å². The first kappa shape index (κ1) is 17.6. The fourth-order valence-electron chi connectivity index (χ4n) is 2.57. The topological polar surface area (TPSA) is 35.5 Å². The molecule has 0 spiro atoms. The molecule has 1 aliphatic heterocycles. The molecular weight excluding hydrogens is 332 g/mol. The molecule has 25 heavy (non-hydrogen) atoms. The number of ether oxygens (including phenoxy) is 2. The molecule has 2 aromatic rings. The van der Waals surface area contributed by atoms with Crippen molar-refractivity contribution in [2.24, 2.45) is 0 Å². The van der Waals surface area contributed by atoms with E-state index in [2.05, 4.69) is 6.92 Å². The molecule has 4 heteroatoms. The van der Waals surface area contributed by atoms with Crippen molar-refractivity contribution < 1.29 is 14.3 Å². The Morgan fingerprint density at radius 3 is 2.64 bits per heavy atom. The Balaban J connectivity index is 1.88. The molecule has 0 aromatic heterocycles. The molecule has 2 aromatic carbocycles. The molecule has 0 N–H and O–H groups in total. The van der Waals surface area contributed by atoms with Crippen molar-refractivity contribution in [3.05, 3.63) is 58.5 Å². The SMILES string of the molecule is CCOc1cc(/C=C2\Sc3ccccc3C2=O)ccc1O[C@@H](C)CC. The summed E-state index contributed by atoms with van der Waals surface area (Å²) in [7, 11) is 0. The maximum atomic E-state index is 12.5. The largest absolute Gasteiger partial charge is 0.490 e. The van der Waals surface area contributed by atoms with Crippen LogP contribution in [0.15, 0.2) is 52.3 Å². The van der Waals surface area contributed by atoms with E-state index >= 15 is 0 Å². The number of hydrogen-bond donors (Lipinski definition) is 0. The minimum atomic E-state index is 0.0819. The van der Waals surface area contributed by atoms with Gasteiger partial charge in [-0.05, 0) is 56.2 Å². The molecule has 1 atom stereocenters. The van der Waals surface area contributed by atoms with Gasteiger partial charge in [0.2, 0.25) is 5.78 Å². The van der Waals surface area contributed by atoms with Crippen LogP contribution in [0.4, 0.5) is 0 Å². The lowest BCUT2D eigenvalue weighted by atomic mass is 10.1. The Hall–Kier alpha value is -2.20. The van der Waals surface area contributed by atoms with Crippen LogP contribution in [-0.2, 0) is 0 Å². The van der Waals surface area contributed by atoms with Crippen LogP contribution in [0.2, 0.25) is 0 Å². The molecule has 3 rings (SSSR count). The van der Waals surface area contributed by atoms with Crippen LogP contribution in [0.1, 0.15) is 43.1 Å². The third kappa shape index (κ3) is 3.90. The number of ketones is 1. The van der Waals surface area contributed by atoms with Crippen LogP contribution >= 0.6 is 11.8 Å². The third-order valence-electron chi connectivity index (χ3n) is 4.04. The summed E-state index contributed by atoms with van der Waals surface area (Å²) in [6.45, 7) is 6.64.